The Bertz CT molecular complexity index is 598. The molecule has 1 aliphatic heterocycles. The molecule has 0 spiro atoms. The molecule has 21 heavy (non-hydrogen) atoms. The third kappa shape index (κ3) is 3.66. The van der Waals surface area contributed by atoms with Gasteiger partial charge < -0.3 is 15.5 Å². The topological polar surface area (TPSA) is 53.1 Å². The molecule has 5 nitrogen and oxygen atoms in total. The quantitative estimate of drug-likeness (QED) is 0.895. The number of hydrogen-bond donors (Lipinski definition) is 2. The van der Waals surface area contributed by atoms with Crippen LogP contribution in [-0.2, 0) is 6.54 Å². The Kier molecular flexibility index (Phi) is 4.25. The van der Waals surface area contributed by atoms with Gasteiger partial charge in [0, 0.05) is 38.9 Å². The lowest BCUT2D eigenvalue weighted by atomic mass is 10.2. The zero-order chi connectivity index (χ0) is 14.5. The van der Waals surface area contributed by atoms with Gasteiger partial charge in [-0.2, -0.15) is 4.98 Å². The maximum Gasteiger partial charge on any atom is 0.227 e. The van der Waals surface area contributed by atoms with E-state index in [2.05, 4.69) is 25.5 Å². The van der Waals surface area contributed by atoms with Crippen molar-refractivity contribution in [2.75, 3.05) is 36.4 Å². The molecule has 0 atom stereocenters. The van der Waals surface area contributed by atoms with E-state index in [0.29, 0.717) is 6.54 Å². The molecule has 0 bridgehead atoms. The number of aromatic nitrogens is 2. The Balaban J connectivity index is 1.65. The highest BCUT2D eigenvalue weighted by Crippen LogP contribution is 2.13. The van der Waals surface area contributed by atoms with E-state index in [4.69, 9.17) is 0 Å². The average molecular weight is 287 g/mol. The molecular formula is C15H18FN5. The molecule has 1 aromatic heterocycles. The van der Waals surface area contributed by atoms with E-state index in [-0.39, 0.29) is 5.82 Å². The van der Waals surface area contributed by atoms with Gasteiger partial charge in [0.05, 0.1) is 0 Å². The minimum atomic E-state index is -0.224. The monoisotopic (exact) mass is 287 g/mol. The highest BCUT2D eigenvalue weighted by molar-refractivity contribution is 5.42. The van der Waals surface area contributed by atoms with Gasteiger partial charge in [0.1, 0.15) is 11.6 Å². The maximum absolute atomic E-state index is 13.1. The van der Waals surface area contributed by atoms with Crippen molar-refractivity contribution in [1.82, 2.24) is 15.3 Å². The zero-order valence-electron chi connectivity index (χ0n) is 11.7. The highest BCUT2D eigenvalue weighted by Gasteiger charge is 2.13. The minimum Gasteiger partial charge on any atom is -0.366 e. The Morgan fingerprint density at radius 2 is 2.10 bits per heavy atom. The fourth-order valence-corrected chi connectivity index (χ4v) is 2.30. The molecule has 2 heterocycles. The van der Waals surface area contributed by atoms with E-state index in [1.807, 2.05) is 12.1 Å². The van der Waals surface area contributed by atoms with Crippen LogP contribution in [0.3, 0.4) is 0 Å². The number of benzene rings is 1. The molecule has 1 saturated heterocycles. The van der Waals surface area contributed by atoms with Crippen LogP contribution < -0.4 is 15.5 Å². The normalized spacial score (nSPS) is 15.0. The lowest BCUT2D eigenvalue weighted by Crippen LogP contribution is -2.44. The third-order valence-corrected chi connectivity index (χ3v) is 3.41. The molecule has 0 aliphatic carbocycles. The second-order valence-electron chi connectivity index (χ2n) is 4.96. The fraction of sp³-hybridized carbons (Fsp3) is 0.333. The van der Waals surface area contributed by atoms with Crippen molar-refractivity contribution in [3.63, 3.8) is 0 Å². The summed E-state index contributed by atoms with van der Waals surface area (Å²) in [5.74, 6) is 1.27. The average Bonchev–Trinajstić information content (AvgIpc) is 2.54. The minimum absolute atomic E-state index is 0.224. The van der Waals surface area contributed by atoms with Crippen LogP contribution in [0.5, 0.6) is 0 Å². The van der Waals surface area contributed by atoms with Gasteiger partial charge in [0.25, 0.3) is 0 Å². The molecule has 3 rings (SSSR count). The van der Waals surface area contributed by atoms with E-state index >= 15 is 0 Å². The van der Waals surface area contributed by atoms with Crippen molar-refractivity contribution in [2.24, 2.45) is 0 Å². The molecule has 0 radical (unpaired) electrons. The van der Waals surface area contributed by atoms with Gasteiger partial charge in [-0.05, 0) is 23.8 Å². The predicted molar refractivity (Wildman–Crippen MR) is 80.8 cm³/mol. The Morgan fingerprint density at radius 1 is 1.24 bits per heavy atom. The lowest BCUT2D eigenvalue weighted by molar-refractivity contribution is 0.580. The molecule has 1 fully saturated rings. The molecular weight excluding hydrogens is 269 g/mol. The van der Waals surface area contributed by atoms with Crippen LogP contribution >= 0.6 is 0 Å². The second-order valence-corrected chi connectivity index (χ2v) is 4.96. The van der Waals surface area contributed by atoms with Crippen molar-refractivity contribution >= 4 is 11.8 Å². The SMILES string of the molecule is Fc1cccc(CNc2ccnc(N3CCNCC3)n2)c1. The fourth-order valence-electron chi connectivity index (χ4n) is 2.30. The summed E-state index contributed by atoms with van der Waals surface area (Å²) in [6, 6.07) is 8.38. The predicted octanol–water partition coefficient (Wildman–Crippen LogP) is 1.64. The van der Waals surface area contributed by atoms with Crippen LogP contribution in [0.2, 0.25) is 0 Å². The van der Waals surface area contributed by atoms with E-state index in [1.165, 1.54) is 12.1 Å². The first-order valence-electron chi connectivity index (χ1n) is 7.08. The van der Waals surface area contributed by atoms with Crippen molar-refractivity contribution in [3.05, 3.63) is 47.9 Å². The van der Waals surface area contributed by atoms with Gasteiger partial charge in [0.2, 0.25) is 5.95 Å². The molecule has 1 aromatic carbocycles. The van der Waals surface area contributed by atoms with Gasteiger partial charge >= 0.3 is 0 Å². The first-order chi connectivity index (χ1) is 10.3. The van der Waals surface area contributed by atoms with Crippen LogP contribution in [0.25, 0.3) is 0 Å². The molecule has 2 aromatic rings. The molecule has 0 unspecified atom stereocenters. The zero-order valence-corrected chi connectivity index (χ0v) is 11.7. The summed E-state index contributed by atoms with van der Waals surface area (Å²) in [5.41, 5.74) is 0.886. The van der Waals surface area contributed by atoms with Crippen molar-refractivity contribution in [2.45, 2.75) is 6.54 Å². The summed E-state index contributed by atoms with van der Waals surface area (Å²) in [5, 5.41) is 6.51. The number of rotatable bonds is 4. The summed E-state index contributed by atoms with van der Waals surface area (Å²) in [7, 11) is 0. The first kappa shape index (κ1) is 13.8. The van der Waals surface area contributed by atoms with E-state index in [0.717, 1.165) is 43.5 Å². The van der Waals surface area contributed by atoms with E-state index in [9.17, 15) is 4.39 Å². The number of nitrogens with one attached hydrogen (secondary N) is 2. The maximum atomic E-state index is 13.1. The molecule has 0 saturated carbocycles. The van der Waals surface area contributed by atoms with Crippen LogP contribution in [0.4, 0.5) is 16.2 Å². The van der Waals surface area contributed by atoms with E-state index < -0.39 is 0 Å². The number of anilines is 2. The van der Waals surface area contributed by atoms with Crippen molar-refractivity contribution in [1.29, 1.82) is 0 Å². The number of halogens is 1. The standard InChI is InChI=1S/C15H18FN5/c16-13-3-1-2-12(10-13)11-19-14-4-5-18-15(20-14)21-8-6-17-7-9-21/h1-5,10,17H,6-9,11H2,(H,18,19,20). The van der Waals surface area contributed by atoms with Crippen molar-refractivity contribution < 1.29 is 4.39 Å². The van der Waals surface area contributed by atoms with Gasteiger partial charge in [0.15, 0.2) is 0 Å². The number of nitrogens with zero attached hydrogens (tertiary/aromatic N) is 3. The smallest absolute Gasteiger partial charge is 0.227 e. The summed E-state index contributed by atoms with van der Waals surface area (Å²) < 4.78 is 13.1. The number of hydrogen-bond acceptors (Lipinski definition) is 5. The number of piperazine rings is 1. The van der Waals surface area contributed by atoms with Crippen LogP contribution in [0, 0.1) is 5.82 Å². The van der Waals surface area contributed by atoms with Gasteiger partial charge in [-0.1, -0.05) is 12.1 Å². The second kappa shape index (κ2) is 6.49. The van der Waals surface area contributed by atoms with Crippen LogP contribution in [0.1, 0.15) is 5.56 Å². The summed E-state index contributed by atoms with van der Waals surface area (Å²) in [6.07, 6.45) is 1.75. The first-order valence-corrected chi connectivity index (χ1v) is 7.08. The molecule has 6 heteroatoms. The lowest BCUT2D eigenvalue weighted by Gasteiger charge is -2.27. The Morgan fingerprint density at radius 3 is 2.90 bits per heavy atom. The Hall–Kier alpha value is -2.21. The van der Waals surface area contributed by atoms with Gasteiger partial charge in [-0.3, -0.25) is 0 Å². The van der Waals surface area contributed by atoms with E-state index in [1.54, 1.807) is 12.3 Å². The van der Waals surface area contributed by atoms with Gasteiger partial charge in [-0.25, -0.2) is 9.37 Å². The van der Waals surface area contributed by atoms with Gasteiger partial charge in [-0.15, -0.1) is 0 Å². The molecule has 1 aliphatic rings. The Labute approximate surface area is 123 Å². The highest BCUT2D eigenvalue weighted by atomic mass is 19.1. The largest absolute Gasteiger partial charge is 0.366 e. The summed E-state index contributed by atoms with van der Waals surface area (Å²) in [4.78, 5) is 11.0. The van der Waals surface area contributed by atoms with Crippen LogP contribution in [0.15, 0.2) is 36.5 Å². The third-order valence-electron chi connectivity index (χ3n) is 3.41. The van der Waals surface area contributed by atoms with Crippen LogP contribution in [-0.4, -0.2) is 36.1 Å². The molecule has 2 N–H and O–H groups in total. The molecule has 110 valence electrons. The summed E-state index contributed by atoms with van der Waals surface area (Å²) in [6.45, 7) is 4.26. The van der Waals surface area contributed by atoms with Crippen molar-refractivity contribution in [3.8, 4) is 0 Å². The summed E-state index contributed by atoms with van der Waals surface area (Å²) >= 11 is 0. The molecule has 0 amide bonds.